The van der Waals surface area contributed by atoms with Crippen molar-refractivity contribution in [1.29, 1.82) is 0 Å². The molecule has 1 aromatic rings. The molecule has 1 aliphatic rings. The van der Waals surface area contributed by atoms with E-state index in [0.29, 0.717) is 6.61 Å². The van der Waals surface area contributed by atoms with Crippen molar-refractivity contribution in [2.75, 3.05) is 24.6 Å². The van der Waals surface area contributed by atoms with Crippen LogP contribution < -0.4 is 10.6 Å². The van der Waals surface area contributed by atoms with Gasteiger partial charge in [0.2, 0.25) is 0 Å². The number of halogens is 1. The zero-order valence-electron chi connectivity index (χ0n) is 10.1. The number of hydrogen-bond acceptors (Lipinski definition) is 4. The molecule has 18 heavy (non-hydrogen) atoms. The van der Waals surface area contributed by atoms with Crippen LogP contribution in [0.15, 0.2) is 27.8 Å². The minimum Gasteiger partial charge on any atom is -0.409 e. The van der Waals surface area contributed by atoms with Crippen molar-refractivity contribution in [3.63, 3.8) is 0 Å². The molecule has 5 nitrogen and oxygen atoms in total. The van der Waals surface area contributed by atoms with Crippen LogP contribution in [0.1, 0.15) is 12.5 Å². The first-order valence-electron chi connectivity index (χ1n) is 5.76. The zero-order valence-corrected chi connectivity index (χ0v) is 11.7. The molecule has 1 atom stereocenters. The molecule has 0 aliphatic carbocycles. The van der Waals surface area contributed by atoms with Crippen LogP contribution in [-0.4, -0.2) is 36.8 Å². The van der Waals surface area contributed by atoms with Crippen molar-refractivity contribution in [2.24, 2.45) is 10.9 Å². The van der Waals surface area contributed by atoms with E-state index in [9.17, 15) is 0 Å². The van der Waals surface area contributed by atoms with Crippen molar-refractivity contribution in [1.82, 2.24) is 0 Å². The number of oxime groups is 1. The number of anilines is 1. The maximum atomic E-state index is 8.84. The maximum Gasteiger partial charge on any atom is 0.172 e. The van der Waals surface area contributed by atoms with E-state index in [-0.39, 0.29) is 11.9 Å². The Morgan fingerprint density at radius 2 is 2.39 bits per heavy atom. The zero-order chi connectivity index (χ0) is 13.1. The third-order valence-corrected chi connectivity index (χ3v) is 3.42. The van der Waals surface area contributed by atoms with Gasteiger partial charge in [-0.15, -0.1) is 0 Å². The highest BCUT2D eigenvalue weighted by molar-refractivity contribution is 9.10. The summed E-state index contributed by atoms with van der Waals surface area (Å²) in [7, 11) is 0. The smallest absolute Gasteiger partial charge is 0.172 e. The Balaban J connectivity index is 2.38. The van der Waals surface area contributed by atoms with Gasteiger partial charge in [-0.05, 0) is 25.1 Å². The normalized spacial score (nSPS) is 21.1. The number of ether oxygens (including phenoxy) is 1. The van der Waals surface area contributed by atoms with Crippen molar-refractivity contribution in [2.45, 2.75) is 13.0 Å². The summed E-state index contributed by atoms with van der Waals surface area (Å²) in [4.78, 5) is 2.19. The van der Waals surface area contributed by atoms with Gasteiger partial charge in [-0.25, -0.2) is 0 Å². The Bertz CT molecular complexity index is 465. The predicted molar refractivity (Wildman–Crippen MR) is 74.3 cm³/mol. The summed E-state index contributed by atoms with van der Waals surface area (Å²) in [6.07, 6.45) is 0.179. The average Bonchev–Trinajstić information content (AvgIpc) is 2.38. The highest BCUT2D eigenvalue weighted by Crippen LogP contribution is 2.26. The van der Waals surface area contributed by atoms with Crippen LogP contribution in [0.2, 0.25) is 0 Å². The van der Waals surface area contributed by atoms with Crippen LogP contribution >= 0.6 is 15.9 Å². The molecule has 0 bridgehead atoms. The van der Waals surface area contributed by atoms with Crippen LogP contribution in [0.5, 0.6) is 0 Å². The van der Waals surface area contributed by atoms with E-state index in [4.69, 9.17) is 15.7 Å². The van der Waals surface area contributed by atoms with Gasteiger partial charge in [0, 0.05) is 28.8 Å². The lowest BCUT2D eigenvalue weighted by molar-refractivity contribution is 0.0532. The number of benzene rings is 1. The fourth-order valence-electron chi connectivity index (χ4n) is 2.07. The van der Waals surface area contributed by atoms with Crippen LogP contribution in [0.3, 0.4) is 0 Å². The van der Waals surface area contributed by atoms with Gasteiger partial charge in [0.15, 0.2) is 5.84 Å². The molecule has 0 amide bonds. The molecule has 0 saturated carbocycles. The SMILES string of the molecule is CC1CN(c2cc(Br)ccc2/C(N)=N/O)CCO1. The largest absolute Gasteiger partial charge is 0.409 e. The summed E-state index contributed by atoms with van der Waals surface area (Å²) in [5.41, 5.74) is 7.40. The van der Waals surface area contributed by atoms with Gasteiger partial charge in [0.05, 0.1) is 12.7 Å². The van der Waals surface area contributed by atoms with Crippen LogP contribution in [-0.2, 0) is 4.74 Å². The summed E-state index contributed by atoms with van der Waals surface area (Å²) in [5, 5.41) is 11.9. The van der Waals surface area contributed by atoms with Crippen molar-refractivity contribution in [3.05, 3.63) is 28.2 Å². The Labute approximate surface area is 114 Å². The topological polar surface area (TPSA) is 71.1 Å². The second kappa shape index (κ2) is 5.58. The van der Waals surface area contributed by atoms with E-state index in [0.717, 1.165) is 28.8 Å². The van der Waals surface area contributed by atoms with Crippen molar-refractivity contribution in [3.8, 4) is 0 Å². The molecule has 0 aromatic heterocycles. The summed E-state index contributed by atoms with van der Waals surface area (Å²) in [6.45, 7) is 4.31. The molecule has 98 valence electrons. The van der Waals surface area contributed by atoms with Crippen molar-refractivity contribution >= 4 is 27.5 Å². The summed E-state index contributed by atoms with van der Waals surface area (Å²) in [5.74, 6) is 0.122. The monoisotopic (exact) mass is 313 g/mol. The maximum absolute atomic E-state index is 8.84. The standard InChI is InChI=1S/C12H16BrN3O2/c1-8-7-16(4-5-18-8)11-6-9(13)2-3-10(11)12(14)15-17/h2-3,6,8,17H,4-5,7H2,1H3,(H2,14,15). The van der Waals surface area contributed by atoms with E-state index >= 15 is 0 Å². The van der Waals surface area contributed by atoms with E-state index in [2.05, 4.69) is 26.0 Å². The quantitative estimate of drug-likeness (QED) is 0.378. The van der Waals surface area contributed by atoms with Gasteiger partial charge in [0.25, 0.3) is 0 Å². The molecule has 1 aliphatic heterocycles. The molecule has 1 saturated heterocycles. The number of hydrogen-bond donors (Lipinski definition) is 2. The van der Waals surface area contributed by atoms with E-state index in [1.165, 1.54) is 0 Å². The fraction of sp³-hybridized carbons (Fsp3) is 0.417. The second-order valence-electron chi connectivity index (χ2n) is 4.27. The predicted octanol–water partition coefficient (Wildman–Crippen LogP) is 1.77. The van der Waals surface area contributed by atoms with E-state index < -0.39 is 0 Å². The summed E-state index contributed by atoms with van der Waals surface area (Å²) >= 11 is 3.45. The van der Waals surface area contributed by atoms with Gasteiger partial charge in [0.1, 0.15) is 0 Å². The first-order chi connectivity index (χ1) is 8.61. The highest BCUT2D eigenvalue weighted by atomic mass is 79.9. The number of nitrogens with two attached hydrogens (primary N) is 1. The third kappa shape index (κ3) is 2.76. The summed E-state index contributed by atoms with van der Waals surface area (Å²) < 4.78 is 6.49. The highest BCUT2D eigenvalue weighted by Gasteiger charge is 2.20. The van der Waals surface area contributed by atoms with Gasteiger partial charge in [-0.3, -0.25) is 0 Å². The molecule has 1 heterocycles. The Kier molecular flexibility index (Phi) is 4.08. The van der Waals surface area contributed by atoms with Crippen LogP contribution in [0.4, 0.5) is 5.69 Å². The molecule has 3 N–H and O–H groups in total. The third-order valence-electron chi connectivity index (χ3n) is 2.93. The molecule has 1 unspecified atom stereocenters. The Hall–Kier alpha value is -1.27. The number of amidine groups is 1. The first kappa shape index (κ1) is 13.2. The van der Waals surface area contributed by atoms with Gasteiger partial charge in [-0.2, -0.15) is 0 Å². The Morgan fingerprint density at radius 1 is 1.61 bits per heavy atom. The average molecular weight is 314 g/mol. The molecule has 0 radical (unpaired) electrons. The number of rotatable bonds is 2. The van der Waals surface area contributed by atoms with E-state index in [1.54, 1.807) is 0 Å². The fourth-order valence-corrected chi connectivity index (χ4v) is 2.42. The van der Waals surface area contributed by atoms with Crippen LogP contribution in [0, 0.1) is 0 Å². The van der Waals surface area contributed by atoms with Crippen LogP contribution in [0.25, 0.3) is 0 Å². The lowest BCUT2D eigenvalue weighted by atomic mass is 10.1. The second-order valence-corrected chi connectivity index (χ2v) is 5.19. The summed E-state index contributed by atoms with van der Waals surface area (Å²) in [6, 6.07) is 5.70. The number of morpholine rings is 1. The minimum atomic E-state index is 0.122. The molecule has 2 rings (SSSR count). The van der Waals surface area contributed by atoms with Gasteiger partial charge >= 0.3 is 0 Å². The molecule has 6 heteroatoms. The first-order valence-corrected chi connectivity index (χ1v) is 6.55. The molecule has 1 fully saturated rings. The number of nitrogens with zero attached hydrogens (tertiary/aromatic N) is 2. The Morgan fingerprint density at radius 3 is 3.06 bits per heavy atom. The molecular weight excluding hydrogens is 298 g/mol. The van der Waals surface area contributed by atoms with E-state index in [1.807, 2.05) is 25.1 Å². The minimum absolute atomic E-state index is 0.122. The molecular formula is C12H16BrN3O2. The lowest BCUT2D eigenvalue weighted by Crippen LogP contribution is -2.42. The van der Waals surface area contributed by atoms with Gasteiger partial charge in [-0.1, -0.05) is 21.1 Å². The lowest BCUT2D eigenvalue weighted by Gasteiger charge is -2.34. The molecule has 0 spiro atoms. The molecule has 1 aromatic carbocycles. The van der Waals surface area contributed by atoms with Gasteiger partial charge < -0.3 is 20.6 Å². The van der Waals surface area contributed by atoms with Crippen molar-refractivity contribution < 1.29 is 9.94 Å².